The van der Waals surface area contributed by atoms with Gasteiger partial charge in [0.15, 0.2) is 18.9 Å². The first-order valence-corrected chi connectivity index (χ1v) is 23.8. The van der Waals surface area contributed by atoms with Crippen LogP contribution in [0.2, 0.25) is 0 Å². The standard InChI is InChI=1S/C44H83NO19/c1-3-5-7-9-11-13-15-17-19-27(20-18-16-14-12-10-8-6-4-2)40(58)45-44(24-59-41-37(55)34(52)31(49)28(21-46)62-41,25-60-42-38(56)35(53)32(50)29(22-47)63-42)26-61-43-39(57)36(54)33(51)30(23-48)64-43/h27-39,41-43,46-57H,3-26H2,1-2H3,(H,45,58)/t28?,29?,30?,31-,32-,33-,34+,35+,36+,37?,38?,39?,41-,42-,43-,44?/m1/s1. The van der Waals surface area contributed by atoms with Gasteiger partial charge in [0.25, 0.3) is 0 Å². The molecule has 6 unspecified atom stereocenters. The second kappa shape index (κ2) is 30.3. The Hall–Kier alpha value is -1.25. The van der Waals surface area contributed by atoms with Gasteiger partial charge >= 0.3 is 0 Å². The molecule has 0 spiro atoms. The van der Waals surface area contributed by atoms with Crippen LogP contribution in [0.25, 0.3) is 0 Å². The van der Waals surface area contributed by atoms with E-state index >= 15 is 0 Å². The third-order valence-corrected chi connectivity index (χ3v) is 12.7. The summed E-state index contributed by atoms with van der Waals surface area (Å²) in [7, 11) is 0. The molecular formula is C44H83NO19. The number of nitrogens with one attached hydrogen (secondary N) is 1. The Bertz CT molecular complexity index is 1120. The van der Waals surface area contributed by atoms with E-state index in [2.05, 4.69) is 19.2 Å². The number of aliphatic hydroxyl groups is 12. The Morgan fingerprint density at radius 3 is 1.02 bits per heavy atom. The van der Waals surface area contributed by atoms with E-state index in [4.69, 9.17) is 28.4 Å². The third-order valence-electron chi connectivity index (χ3n) is 12.7. The quantitative estimate of drug-likeness (QED) is 0.0359. The summed E-state index contributed by atoms with van der Waals surface area (Å²) in [6.07, 6.45) is -7.80. The molecule has 0 aliphatic carbocycles. The number of amides is 1. The van der Waals surface area contributed by atoms with E-state index < -0.39 is 149 Å². The minimum absolute atomic E-state index is 0.474. The van der Waals surface area contributed by atoms with Crippen LogP contribution in [0.5, 0.6) is 0 Å². The molecule has 0 bridgehead atoms. The first kappa shape index (κ1) is 57.1. The summed E-state index contributed by atoms with van der Waals surface area (Å²) in [6.45, 7) is -0.117. The lowest BCUT2D eigenvalue weighted by molar-refractivity contribution is -0.324. The van der Waals surface area contributed by atoms with Crippen LogP contribution in [0, 0.1) is 5.92 Å². The highest BCUT2D eigenvalue weighted by Gasteiger charge is 2.50. The van der Waals surface area contributed by atoms with Gasteiger partial charge in [0.1, 0.15) is 78.8 Å². The fourth-order valence-electron chi connectivity index (χ4n) is 8.39. The second-order valence-electron chi connectivity index (χ2n) is 18.0. The first-order chi connectivity index (χ1) is 30.7. The molecule has 0 aromatic heterocycles. The molecule has 3 fully saturated rings. The van der Waals surface area contributed by atoms with E-state index in [1.54, 1.807) is 0 Å². The van der Waals surface area contributed by atoms with E-state index in [-0.39, 0.29) is 0 Å². The lowest BCUT2D eigenvalue weighted by atomic mass is 9.91. The van der Waals surface area contributed by atoms with Crippen molar-refractivity contribution in [1.29, 1.82) is 0 Å². The molecule has 20 nitrogen and oxygen atoms in total. The zero-order valence-corrected chi connectivity index (χ0v) is 37.9. The van der Waals surface area contributed by atoms with Gasteiger partial charge in [-0.15, -0.1) is 0 Å². The molecule has 3 heterocycles. The SMILES string of the molecule is CCCCCCCCCCC(CCCCCCCCCC)C(=O)NC(CO[C@@H]1OC(CO)[C@@H](O)[C@H](O)C1O)(CO[C@@H]1OC(CO)[C@@H](O)[C@H](O)C1O)CO[C@@H]1OC(CO)[C@@H](O)[C@H](O)C1O. The van der Waals surface area contributed by atoms with Gasteiger partial charge in [0.2, 0.25) is 5.91 Å². The second-order valence-corrected chi connectivity index (χ2v) is 18.0. The van der Waals surface area contributed by atoms with Crippen LogP contribution in [0.4, 0.5) is 0 Å². The first-order valence-electron chi connectivity index (χ1n) is 23.8. The molecule has 15 atom stereocenters. The molecule has 3 saturated heterocycles. The number of hydrogen-bond donors (Lipinski definition) is 13. The number of ether oxygens (including phenoxy) is 6. The Balaban J connectivity index is 1.98. The molecule has 0 radical (unpaired) electrons. The van der Waals surface area contributed by atoms with E-state index in [1.807, 2.05) is 0 Å². The maximum Gasteiger partial charge on any atom is 0.223 e. The van der Waals surface area contributed by atoms with E-state index in [0.29, 0.717) is 12.8 Å². The third kappa shape index (κ3) is 17.4. The molecule has 20 heteroatoms. The Morgan fingerprint density at radius 1 is 0.453 bits per heavy atom. The van der Waals surface area contributed by atoms with Gasteiger partial charge in [-0.3, -0.25) is 4.79 Å². The molecule has 64 heavy (non-hydrogen) atoms. The van der Waals surface area contributed by atoms with Crippen molar-refractivity contribution in [1.82, 2.24) is 5.32 Å². The van der Waals surface area contributed by atoms with E-state index in [9.17, 15) is 66.1 Å². The zero-order chi connectivity index (χ0) is 47.2. The summed E-state index contributed by atoms with van der Waals surface area (Å²) in [4.78, 5) is 14.7. The van der Waals surface area contributed by atoms with Crippen molar-refractivity contribution in [2.75, 3.05) is 39.6 Å². The fourth-order valence-corrected chi connectivity index (χ4v) is 8.39. The fraction of sp³-hybridized carbons (Fsp3) is 0.977. The minimum atomic E-state index is -1.95. The van der Waals surface area contributed by atoms with Crippen LogP contribution >= 0.6 is 0 Å². The van der Waals surface area contributed by atoms with Crippen molar-refractivity contribution in [2.45, 2.75) is 227 Å². The predicted molar refractivity (Wildman–Crippen MR) is 228 cm³/mol. The number of carbonyl (C=O) groups excluding carboxylic acids is 1. The molecule has 13 N–H and O–H groups in total. The largest absolute Gasteiger partial charge is 0.394 e. The summed E-state index contributed by atoms with van der Waals surface area (Å²) in [5.74, 6) is -1.02. The summed E-state index contributed by atoms with van der Waals surface area (Å²) in [5.41, 5.74) is -1.95. The van der Waals surface area contributed by atoms with Gasteiger partial charge in [-0.1, -0.05) is 117 Å². The summed E-state index contributed by atoms with van der Waals surface area (Å²) in [6, 6.07) is 0. The number of carbonyl (C=O) groups is 1. The van der Waals surface area contributed by atoms with Gasteiger partial charge in [0.05, 0.1) is 39.6 Å². The molecular weight excluding hydrogens is 846 g/mol. The average molecular weight is 930 g/mol. The van der Waals surface area contributed by atoms with E-state index in [1.165, 1.54) is 25.7 Å². The summed E-state index contributed by atoms with van der Waals surface area (Å²) >= 11 is 0. The Kier molecular flexibility index (Phi) is 27.0. The van der Waals surface area contributed by atoms with Gasteiger partial charge in [0, 0.05) is 5.92 Å². The summed E-state index contributed by atoms with van der Waals surface area (Å²) < 4.78 is 34.8. The molecule has 3 aliphatic rings. The molecule has 1 amide bonds. The Labute approximate surface area is 377 Å². The smallest absolute Gasteiger partial charge is 0.223 e. The van der Waals surface area contributed by atoms with Gasteiger partial charge in [-0.05, 0) is 12.8 Å². The maximum absolute atomic E-state index is 14.7. The van der Waals surface area contributed by atoms with Crippen LogP contribution in [0.15, 0.2) is 0 Å². The lowest BCUT2D eigenvalue weighted by Crippen LogP contribution is -2.65. The van der Waals surface area contributed by atoms with E-state index in [0.717, 1.165) is 77.0 Å². The normalized spacial score (nSPS) is 34.5. The molecule has 3 rings (SSSR count). The van der Waals surface area contributed by atoms with Crippen molar-refractivity contribution in [3.8, 4) is 0 Å². The van der Waals surface area contributed by atoms with Gasteiger partial charge in [-0.25, -0.2) is 0 Å². The minimum Gasteiger partial charge on any atom is -0.394 e. The Morgan fingerprint density at radius 2 is 0.734 bits per heavy atom. The van der Waals surface area contributed by atoms with Crippen molar-refractivity contribution < 1.29 is 94.5 Å². The monoisotopic (exact) mass is 930 g/mol. The molecule has 0 aromatic rings. The van der Waals surface area contributed by atoms with Crippen molar-refractivity contribution in [3.63, 3.8) is 0 Å². The topological polar surface area (TPSA) is 327 Å². The van der Waals surface area contributed by atoms with Gasteiger partial charge < -0.3 is 95.0 Å². The van der Waals surface area contributed by atoms with Crippen LogP contribution in [0.3, 0.4) is 0 Å². The summed E-state index contributed by atoms with van der Waals surface area (Å²) in [5, 5.41) is 128. The highest BCUT2D eigenvalue weighted by Crippen LogP contribution is 2.29. The number of hydrogen-bond acceptors (Lipinski definition) is 19. The molecule has 0 saturated carbocycles. The highest BCUT2D eigenvalue weighted by atomic mass is 16.7. The van der Waals surface area contributed by atoms with Gasteiger partial charge in [-0.2, -0.15) is 0 Å². The number of unbranched alkanes of at least 4 members (excludes halogenated alkanes) is 14. The van der Waals surface area contributed by atoms with Crippen LogP contribution in [0.1, 0.15) is 129 Å². The van der Waals surface area contributed by atoms with Crippen molar-refractivity contribution in [3.05, 3.63) is 0 Å². The molecule has 3 aliphatic heterocycles. The molecule has 0 aromatic carbocycles. The zero-order valence-electron chi connectivity index (χ0n) is 37.9. The van der Waals surface area contributed by atoms with Crippen LogP contribution < -0.4 is 5.32 Å². The van der Waals surface area contributed by atoms with Crippen LogP contribution in [-0.2, 0) is 33.2 Å². The lowest BCUT2D eigenvalue weighted by Gasteiger charge is -2.45. The number of rotatable bonds is 32. The van der Waals surface area contributed by atoms with Crippen molar-refractivity contribution in [2.24, 2.45) is 5.92 Å². The van der Waals surface area contributed by atoms with Crippen LogP contribution in [-0.4, -0.2) is 204 Å². The molecule has 378 valence electrons. The average Bonchev–Trinajstić information content (AvgIpc) is 3.29. The van der Waals surface area contributed by atoms with Crippen molar-refractivity contribution >= 4 is 5.91 Å². The predicted octanol–water partition coefficient (Wildman–Crippen LogP) is -1.03. The maximum atomic E-state index is 14.7. The highest BCUT2D eigenvalue weighted by molar-refractivity contribution is 5.79. The number of aliphatic hydroxyl groups excluding tert-OH is 12.